The number of hydrogen-bond donors (Lipinski definition) is 3. The molecule has 0 aliphatic heterocycles. The van der Waals surface area contributed by atoms with Crippen LogP contribution in [0.2, 0.25) is 0 Å². The zero-order valence-corrected chi connectivity index (χ0v) is 17.4. The molecule has 0 bridgehead atoms. The van der Waals surface area contributed by atoms with Crippen molar-refractivity contribution in [2.24, 2.45) is 0 Å². The molecule has 0 fully saturated rings. The molecule has 11 heteroatoms. The Morgan fingerprint density at radius 3 is 2.67 bits per heavy atom. The van der Waals surface area contributed by atoms with Crippen LogP contribution in [0.4, 0.5) is 19.1 Å². The summed E-state index contributed by atoms with van der Waals surface area (Å²) in [6.07, 6.45) is -3.70. The molecule has 0 saturated heterocycles. The minimum atomic E-state index is -4.67. The highest BCUT2D eigenvalue weighted by molar-refractivity contribution is 7.42. The van der Waals surface area contributed by atoms with Gasteiger partial charge in [0.2, 0.25) is 5.95 Å². The second-order valence-corrected chi connectivity index (χ2v) is 8.47. The van der Waals surface area contributed by atoms with Gasteiger partial charge in [-0.05, 0) is 25.1 Å². The van der Waals surface area contributed by atoms with E-state index in [1.807, 2.05) is 0 Å². The molecule has 3 N–H and O–H groups in total. The van der Waals surface area contributed by atoms with E-state index in [0.717, 1.165) is 0 Å². The number of aliphatic hydroxyl groups is 1. The van der Waals surface area contributed by atoms with Crippen molar-refractivity contribution < 1.29 is 27.6 Å². The maximum absolute atomic E-state index is 13.6. The highest BCUT2D eigenvalue weighted by Crippen LogP contribution is 2.38. The minimum absolute atomic E-state index is 0.0346. The molecular weight excluding hydrogens is 420 g/mol. The van der Waals surface area contributed by atoms with Gasteiger partial charge in [-0.25, -0.2) is 9.97 Å². The first kappa shape index (κ1) is 22.0. The van der Waals surface area contributed by atoms with Crippen molar-refractivity contribution >= 4 is 24.7 Å². The topological polar surface area (TPSA) is 100 Å². The molecule has 0 aliphatic rings. The molecule has 0 amide bonds. The lowest BCUT2D eigenvalue weighted by Crippen LogP contribution is -2.21. The maximum atomic E-state index is 13.6. The van der Waals surface area contributed by atoms with Gasteiger partial charge in [-0.3, -0.25) is 0 Å². The van der Waals surface area contributed by atoms with Gasteiger partial charge in [0.15, 0.2) is 6.16 Å². The van der Waals surface area contributed by atoms with Crippen LogP contribution in [0.1, 0.15) is 18.1 Å². The Hall–Kier alpha value is -2.71. The Kier molecular flexibility index (Phi) is 6.28. The van der Waals surface area contributed by atoms with Crippen molar-refractivity contribution in [1.82, 2.24) is 15.0 Å². The SMILES string of the molecule is COc1cc(C[P+](C)=O)c2[nH]c(-c3nc(NC(C)CO)ncc3C(F)(F)F)cc2c1. The summed E-state index contributed by atoms with van der Waals surface area (Å²) in [5.74, 6) is 0.477. The van der Waals surface area contributed by atoms with Crippen molar-refractivity contribution in [1.29, 1.82) is 0 Å². The molecular formula is C19H21F3N4O3P+. The van der Waals surface area contributed by atoms with E-state index in [9.17, 15) is 22.8 Å². The lowest BCUT2D eigenvalue weighted by molar-refractivity contribution is -0.137. The molecule has 2 unspecified atom stereocenters. The molecule has 0 spiro atoms. The van der Waals surface area contributed by atoms with Crippen molar-refractivity contribution in [3.63, 3.8) is 0 Å². The average Bonchev–Trinajstić information content (AvgIpc) is 3.10. The fourth-order valence-corrected chi connectivity index (χ4v) is 3.76. The first-order valence-electron chi connectivity index (χ1n) is 9.02. The third kappa shape index (κ3) is 4.71. The van der Waals surface area contributed by atoms with Gasteiger partial charge < -0.3 is 20.1 Å². The second kappa shape index (κ2) is 8.57. The summed E-state index contributed by atoms with van der Waals surface area (Å²) in [4.78, 5) is 10.8. The number of halogens is 3. The molecule has 7 nitrogen and oxygen atoms in total. The van der Waals surface area contributed by atoms with Gasteiger partial charge in [0, 0.05) is 23.2 Å². The summed E-state index contributed by atoms with van der Waals surface area (Å²) in [6.45, 7) is 3.00. The van der Waals surface area contributed by atoms with Crippen LogP contribution in [0.5, 0.6) is 5.75 Å². The van der Waals surface area contributed by atoms with E-state index < -0.39 is 25.6 Å². The number of aliphatic hydroxyl groups excluding tert-OH is 1. The molecule has 2 aromatic heterocycles. The molecule has 160 valence electrons. The van der Waals surface area contributed by atoms with Crippen LogP contribution in [-0.4, -0.2) is 46.5 Å². The molecule has 0 saturated carbocycles. The van der Waals surface area contributed by atoms with Crippen molar-refractivity contribution in [3.8, 4) is 17.1 Å². The lowest BCUT2D eigenvalue weighted by Gasteiger charge is -2.14. The van der Waals surface area contributed by atoms with Crippen LogP contribution in [0.3, 0.4) is 0 Å². The van der Waals surface area contributed by atoms with Gasteiger partial charge in [-0.2, -0.15) is 13.2 Å². The van der Waals surface area contributed by atoms with E-state index in [1.165, 1.54) is 7.11 Å². The lowest BCUT2D eigenvalue weighted by atomic mass is 10.1. The Morgan fingerprint density at radius 1 is 1.33 bits per heavy atom. The Balaban J connectivity index is 2.20. The van der Waals surface area contributed by atoms with E-state index in [2.05, 4.69) is 20.3 Å². The predicted molar refractivity (Wildman–Crippen MR) is 108 cm³/mol. The summed E-state index contributed by atoms with van der Waals surface area (Å²) in [7, 11) is -0.0360. The zero-order valence-electron chi connectivity index (χ0n) is 16.5. The van der Waals surface area contributed by atoms with Crippen LogP contribution < -0.4 is 10.1 Å². The van der Waals surface area contributed by atoms with Crippen LogP contribution >= 0.6 is 7.80 Å². The molecule has 2 atom stereocenters. The number of nitrogens with one attached hydrogen (secondary N) is 2. The number of hydrogen-bond acceptors (Lipinski definition) is 6. The van der Waals surface area contributed by atoms with Crippen molar-refractivity contribution in [2.75, 3.05) is 25.7 Å². The third-order valence-corrected chi connectivity index (χ3v) is 5.20. The van der Waals surface area contributed by atoms with Gasteiger partial charge in [0.25, 0.3) is 0 Å². The number of alkyl halides is 3. The fourth-order valence-electron chi connectivity index (χ4n) is 3.03. The summed E-state index contributed by atoms with van der Waals surface area (Å²) in [5, 5.41) is 12.5. The van der Waals surface area contributed by atoms with E-state index in [4.69, 9.17) is 4.74 Å². The number of benzene rings is 1. The number of ether oxygens (including phenoxy) is 1. The number of anilines is 1. The Morgan fingerprint density at radius 2 is 2.07 bits per heavy atom. The number of nitrogens with zero attached hydrogens (tertiary/aromatic N) is 2. The first-order valence-corrected chi connectivity index (χ1v) is 10.9. The fraction of sp³-hybridized carbons (Fsp3) is 0.368. The monoisotopic (exact) mass is 441 g/mol. The second-order valence-electron chi connectivity index (χ2n) is 6.90. The van der Waals surface area contributed by atoms with Crippen molar-refractivity contribution in [3.05, 3.63) is 35.5 Å². The molecule has 30 heavy (non-hydrogen) atoms. The molecule has 2 heterocycles. The highest BCUT2D eigenvalue weighted by Gasteiger charge is 2.36. The van der Waals surface area contributed by atoms with Crippen LogP contribution in [-0.2, 0) is 16.9 Å². The largest absolute Gasteiger partial charge is 0.497 e. The summed E-state index contributed by atoms with van der Waals surface area (Å²) in [6, 6.07) is 4.50. The number of rotatable bonds is 7. The molecule has 3 aromatic rings. The Labute approximate surface area is 171 Å². The number of aromatic amines is 1. The highest BCUT2D eigenvalue weighted by atomic mass is 31.1. The van der Waals surface area contributed by atoms with Gasteiger partial charge >= 0.3 is 14.0 Å². The van der Waals surface area contributed by atoms with Gasteiger partial charge in [0.1, 0.15) is 23.7 Å². The molecule has 0 aliphatic carbocycles. The number of methoxy groups -OCH3 is 1. The van der Waals surface area contributed by atoms with E-state index in [-0.39, 0.29) is 30.1 Å². The van der Waals surface area contributed by atoms with E-state index in [0.29, 0.717) is 28.4 Å². The molecule has 0 radical (unpaired) electrons. The molecule has 1 aromatic carbocycles. The smallest absolute Gasteiger partial charge is 0.420 e. The normalized spacial score (nSPS) is 13.4. The maximum Gasteiger partial charge on any atom is 0.420 e. The minimum Gasteiger partial charge on any atom is -0.497 e. The van der Waals surface area contributed by atoms with Crippen LogP contribution in [0.25, 0.3) is 22.3 Å². The first-order chi connectivity index (χ1) is 14.1. The van der Waals surface area contributed by atoms with E-state index in [1.54, 1.807) is 31.8 Å². The third-order valence-electron chi connectivity index (χ3n) is 4.41. The quantitative estimate of drug-likeness (QED) is 0.470. The zero-order chi connectivity index (χ0) is 22.1. The number of aromatic nitrogens is 3. The average molecular weight is 441 g/mol. The molecule has 3 rings (SSSR count). The Bertz CT molecular complexity index is 1080. The summed E-state index contributed by atoms with van der Waals surface area (Å²) < 4.78 is 57.9. The van der Waals surface area contributed by atoms with Crippen molar-refractivity contribution in [2.45, 2.75) is 25.3 Å². The summed E-state index contributed by atoms with van der Waals surface area (Å²) >= 11 is 0. The predicted octanol–water partition coefficient (Wildman–Crippen LogP) is 4.40. The van der Waals surface area contributed by atoms with E-state index >= 15 is 0 Å². The summed E-state index contributed by atoms with van der Waals surface area (Å²) in [5.41, 5.74) is 0.0637. The van der Waals surface area contributed by atoms with Gasteiger partial charge in [0.05, 0.1) is 24.9 Å². The van der Waals surface area contributed by atoms with Gasteiger partial charge in [-0.1, -0.05) is 4.57 Å². The number of fused-ring (bicyclic) bond motifs is 1. The number of H-pyrrole nitrogens is 1. The van der Waals surface area contributed by atoms with Crippen LogP contribution in [0, 0.1) is 0 Å². The standard InChI is InChI=1S/C19H21F3N4O3P/c1-10(8-27)24-18-23-7-14(19(20,21)22)17(26-18)15-6-11-4-13(29-2)5-12(9-30(3)28)16(11)25-15/h4-7,10,25,27H,8-9H2,1-3H3,(H,23,24,26)/q+1. The van der Waals surface area contributed by atoms with Crippen LogP contribution in [0.15, 0.2) is 24.4 Å². The van der Waals surface area contributed by atoms with Gasteiger partial charge in [-0.15, -0.1) is 0 Å².